The zero-order valence-electron chi connectivity index (χ0n) is 15.5. The minimum Gasteiger partial charge on any atom is -0.387 e. The smallest absolute Gasteiger partial charge is 0.257 e. The van der Waals surface area contributed by atoms with Gasteiger partial charge in [-0.2, -0.15) is 5.10 Å². The molecule has 0 aliphatic rings. The van der Waals surface area contributed by atoms with Crippen LogP contribution >= 0.6 is 0 Å². The summed E-state index contributed by atoms with van der Waals surface area (Å²) in [7, 11) is 5.74. The number of hydrogen-bond donors (Lipinski definition) is 2. The summed E-state index contributed by atoms with van der Waals surface area (Å²) in [5.74, 6) is -0.166. The molecule has 0 aliphatic heterocycles. The Bertz CT molecular complexity index is 1150. The second-order valence-electron chi connectivity index (χ2n) is 6.59. The molecule has 2 N–H and O–H groups in total. The molecule has 138 valence electrons. The van der Waals surface area contributed by atoms with Crippen LogP contribution in [0.4, 0.5) is 5.69 Å². The fraction of sp³-hybridized carbons (Fsp3) is 0.263. The number of benzene rings is 1. The molecule has 0 unspecified atom stereocenters. The van der Waals surface area contributed by atoms with Crippen LogP contribution < -0.4 is 10.6 Å². The molecule has 8 heteroatoms. The lowest BCUT2D eigenvalue weighted by Crippen LogP contribution is -2.32. The second-order valence-corrected chi connectivity index (χ2v) is 6.59. The van der Waals surface area contributed by atoms with E-state index < -0.39 is 0 Å². The van der Waals surface area contributed by atoms with E-state index in [0.717, 1.165) is 23.0 Å². The fourth-order valence-electron chi connectivity index (χ4n) is 3.30. The fourth-order valence-corrected chi connectivity index (χ4v) is 3.30. The number of pyridine rings is 1. The summed E-state index contributed by atoms with van der Waals surface area (Å²) in [5.41, 5.74) is 4.13. The molecule has 0 fully saturated rings. The molecule has 0 aliphatic carbocycles. The molecule has 0 spiro atoms. The predicted octanol–water partition coefficient (Wildman–Crippen LogP) is 1.76. The Labute approximate surface area is 156 Å². The van der Waals surface area contributed by atoms with E-state index >= 15 is 0 Å². The molecule has 0 atom stereocenters. The summed E-state index contributed by atoms with van der Waals surface area (Å²) in [6.07, 6.45) is 1.63. The number of amides is 1. The lowest BCUT2D eigenvalue weighted by molar-refractivity contribution is 0.0953. The number of imidazole rings is 1. The number of nitrogens with one attached hydrogen (secondary N) is 2. The quantitative estimate of drug-likeness (QED) is 0.562. The van der Waals surface area contributed by atoms with Crippen molar-refractivity contribution in [3.8, 4) is 0 Å². The monoisotopic (exact) mass is 363 g/mol. The van der Waals surface area contributed by atoms with Crippen molar-refractivity contribution in [1.29, 1.82) is 0 Å². The number of likely N-dealkylation sites (N-methyl/N-ethyl adjacent to an activating group) is 1. The molecule has 0 saturated carbocycles. The number of carbonyl (C=O) groups excluding carboxylic acids is 1. The first-order valence-electron chi connectivity index (χ1n) is 8.77. The summed E-state index contributed by atoms with van der Waals surface area (Å²) in [4.78, 5) is 19.8. The molecular formula is C19H21N7O. The maximum absolute atomic E-state index is 13.1. The summed E-state index contributed by atoms with van der Waals surface area (Å²) < 4.78 is 1.90. The van der Waals surface area contributed by atoms with E-state index in [1.165, 1.54) is 0 Å². The van der Waals surface area contributed by atoms with E-state index in [2.05, 4.69) is 20.8 Å². The first-order valence-corrected chi connectivity index (χ1v) is 8.77. The normalized spacial score (nSPS) is 11.6. The topological polar surface area (TPSA) is 87.5 Å². The van der Waals surface area contributed by atoms with Crippen molar-refractivity contribution < 1.29 is 4.79 Å². The van der Waals surface area contributed by atoms with Gasteiger partial charge < -0.3 is 15.5 Å². The van der Waals surface area contributed by atoms with Crippen molar-refractivity contribution in [1.82, 2.24) is 29.8 Å². The van der Waals surface area contributed by atoms with Crippen molar-refractivity contribution in [2.75, 3.05) is 39.5 Å². The molecule has 0 radical (unpaired) electrons. The number of hydrogen-bond acceptors (Lipinski definition) is 6. The van der Waals surface area contributed by atoms with Gasteiger partial charge in [-0.3, -0.25) is 9.20 Å². The van der Waals surface area contributed by atoms with Crippen LogP contribution in [0.3, 0.4) is 0 Å². The third kappa shape index (κ3) is 2.83. The molecular weight excluding hydrogens is 342 g/mol. The van der Waals surface area contributed by atoms with E-state index in [9.17, 15) is 4.79 Å². The average molecular weight is 363 g/mol. The van der Waals surface area contributed by atoms with Crippen molar-refractivity contribution in [3.05, 3.63) is 42.1 Å². The summed E-state index contributed by atoms with van der Waals surface area (Å²) in [6.45, 7) is 1.31. The van der Waals surface area contributed by atoms with Gasteiger partial charge in [0.1, 0.15) is 5.56 Å². The van der Waals surface area contributed by atoms with Gasteiger partial charge in [0.05, 0.1) is 22.9 Å². The minimum absolute atomic E-state index is 0.166. The molecule has 8 nitrogen and oxygen atoms in total. The van der Waals surface area contributed by atoms with Crippen LogP contribution in [-0.2, 0) is 0 Å². The number of carbonyl (C=O) groups is 1. The van der Waals surface area contributed by atoms with Gasteiger partial charge in [0.2, 0.25) is 0 Å². The van der Waals surface area contributed by atoms with Crippen LogP contribution in [0.25, 0.3) is 27.7 Å². The molecule has 4 aromatic rings. The molecule has 27 heavy (non-hydrogen) atoms. The Morgan fingerprint density at radius 3 is 2.78 bits per heavy atom. The second kappa shape index (κ2) is 6.81. The van der Waals surface area contributed by atoms with Gasteiger partial charge in [-0.25, -0.2) is 4.98 Å². The Morgan fingerprint density at radius 2 is 2.00 bits per heavy atom. The van der Waals surface area contributed by atoms with Crippen molar-refractivity contribution in [2.45, 2.75) is 0 Å². The van der Waals surface area contributed by atoms with E-state index in [-0.39, 0.29) is 5.91 Å². The molecule has 4 rings (SSSR count). The molecule has 0 saturated heterocycles. The van der Waals surface area contributed by atoms with Crippen LogP contribution in [0.5, 0.6) is 0 Å². The first kappa shape index (κ1) is 17.2. The zero-order chi connectivity index (χ0) is 19.0. The van der Waals surface area contributed by atoms with Gasteiger partial charge in [0.25, 0.3) is 5.91 Å². The molecule has 3 aromatic heterocycles. The molecule has 1 aromatic carbocycles. The van der Waals surface area contributed by atoms with E-state index in [4.69, 9.17) is 4.98 Å². The third-order valence-corrected chi connectivity index (χ3v) is 4.54. The largest absolute Gasteiger partial charge is 0.387 e. The lowest BCUT2D eigenvalue weighted by Gasteiger charge is -2.15. The number of rotatable bonds is 5. The van der Waals surface area contributed by atoms with Crippen molar-refractivity contribution >= 4 is 39.3 Å². The number of nitrogens with zero attached hydrogens (tertiary/aromatic N) is 5. The maximum Gasteiger partial charge on any atom is 0.257 e. The Balaban J connectivity index is 2.01. The zero-order valence-corrected chi connectivity index (χ0v) is 15.5. The summed E-state index contributed by atoms with van der Waals surface area (Å²) in [5, 5.41) is 15.3. The van der Waals surface area contributed by atoms with Crippen LogP contribution in [-0.4, -0.2) is 64.6 Å². The van der Waals surface area contributed by atoms with Crippen LogP contribution in [0.1, 0.15) is 10.4 Å². The van der Waals surface area contributed by atoms with E-state index in [1.54, 1.807) is 13.2 Å². The lowest BCUT2D eigenvalue weighted by atomic mass is 10.1. The summed E-state index contributed by atoms with van der Waals surface area (Å²) >= 11 is 0. The van der Waals surface area contributed by atoms with E-state index in [1.807, 2.05) is 53.7 Å². The SMILES string of the molecule is CNc1c(C(=O)NCCN(C)C)c2nc3ccccc3n2c2nnccc12. The Kier molecular flexibility index (Phi) is 4.33. The molecule has 3 heterocycles. The van der Waals surface area contributed by atoms with Gasteiger partial charge in [-0.1, -0.05) is 12.1 Å². The standard InChI is InChI=1S/C19H21N7O/c1-20-16-12-8-9-22-24-17(12)26-14-7-5-4-6-13(14)23-18(26)15(16)19(27)21-10-11-25(2)3/h4-9,20H,10-11H2,1-3H3,(H,21,27). The number of fused-ring (bicyclic) bond motifs is 5. The highest BCUT2D eigenvalue weighted by Gasteiger charge is 2.23. The minimum atomic E-state index is -0.166. The number of para-hydroxylation sites is 2. The maximum atomic E-state index is 13.1. The van der Waals surface area contributed by atoms with Crippen LogP contribution in [0.15, 0.2) is 36.5 Å². The number of anilines is 1. The van der Waals surface area contributed by atoms with Gasteiger partial charge in [0.15, 0.2) is 11.3 Å². The highest BCUT2D eigenvalue weighted by Crippen LogP contribution is 2.32. The van der Waals surface area contributed by atoms with Crippen molar-refractivity contribution in [2.24, 2.45) is 0 Å². The van der Waals surface area contributed by atoms with Crippen molar-refractivity contribution in [3.63, 3.8) is 0 Å². The van der Waals surface area contributed by atoms with Gasteiger partial charge in [-0.15, -0.1) is 5.10 Å². The highest BCUT2D eigenvalue weighted by molar-refractivity contribution is 6.13. The number of aromatic nitrogens is 4. The Hall–Kier alpha value is -3.26. The molecule has 0 bridgehead atoms. The highest BCUT2D eigenvalue weighted by atomic mass is 16.1. The third-order valence-electron chi connectivity index (χ3n) is 4.54. The summed E-state index contributed by atoms with van der Waals surface area (Å²) in [6, 6.07) is 9.63. The van der Waals surface area contributed by atoms with Gasteiger partial charge in [-0.05, 0) is 32.3 Å². The average Bonchev–Trinajstić information content (AvgIpc) is 3.05. The van der Waals surface area contributed by atoms with Crippen LogP contribution in [0.2, 0.25) is 0 Å². The van der Waals surface area contributed by atoms with Crippen LogP contribution in [0, 0.1) is 0 Å². The van der Waals surface area contributed by atoms with Gasteiger partial charge in [0, 0.05) is 25.5 Å². The first-order chi connectivity index (χ1) is 13.1. The van der Waals surface area contributed by atoms with E-state index in [0.29, 0.717) is 29.1 Å². The predicted molar refractivity (Wildman–Crippen MR) is 106 cm³/mol. The Morgan fingerprint density at radius 1 is 1.19 bits per heavy atom. The molecule has 1 amide bonds. The van der Waals surface area contributed by atoms with Gasteiger partial charge >= 0.3 is 0 Å².